The Balaban J connectivity index is 1.64. The molecule has 0 fully saturated rings. The van der Waals surface area contributed by atoms with E-state index < -0.39 is 0 Å². The van der Waals surface area contributed by atoms with Crippen LogP contribution in [0.3, 0.4) is 0 Å². The maximum atomic E-state index is 13.8. The first-order valence-corrected chi connectivity index (χ1v) is 12.4. The van der Waals surface area contributed by atoms with Gasteiger partial charge in [-0.3, -0.25) is 0 Å². The summed E-state index contributed by atoms with van der Waals surface area (Å²) in [6, 6.07) is 18.3. The number of ether oxygens (including phenoxy) is 2. The van der Waals surface area contributed by atoms with Crippen LogP contribution in [0.5, 0.6) is 17.2 Å². The van der Waals surface area contributed by atoms with Crippen LogP contribution < -0.4 is 21.1 Å². The fraction of sp³-hybridized carbons (Fsp3) is 0.179. The van der Waals surface area contributed by atoms with Crippen molar-refractivity contribution in [1.29, 1.82) is 0 Å². The van der Waals surface area contributed by atoms with Crippen molar-refractivity contribution >= 4 is 33.3 Å². The van der Waals surface area contributed by atoms with Crippen molar-refractivity contribution in [2.45, 2.75) is 20.3 Å². The summed E-state index contributed by atoms with van der Waals surface area (Å²) in [6.45, 7) is 4.55. The summed E-state index contributed by atoms with van der Waals surface area (Å²) < 4.78 is 26.6. The van der Waals surface area contributed by atoms with Gasteiger partial charge in [-0.1, -0.05) is 31.2 Å². The fourth-order valence-corrected chi connectivity index (χ4v) is 5.00. The van der Waals surface area contributed by atoms with Crippen LogP contribution in [-0.4, -0.2) is 24.6 Å². The fourth-order valence-electron chi connectivity index (χ4n) is 3.75. The van der Waals surface area contributed by atoms with E-state index in [1.807, 2.05) is 62.4 Å². The third kappa shape index (κ3) is 5.84. The third-order valence-electron chi connectivity index (χ3n) is 5.53. The zero-order valence-electron chi connectivity index (χ0n) is 20.5. The second-order valence-electron chi connectivity index (χ2n) is 8.27. The number of hydrogen-bond donors (Lipinski definition) is 2. The lowest BCUT2D eigenvalue weighted by Gasteiger charge is -2.11. The summed E-state index contributed by atoms with van der Waals surface area (Å²) in [6.07, 6.45) is 4.45. The highest BCUT2D eigenvalue weighted by atomic mass is 32.1. The Bertz CT molecular complexity index is 1410. The Morgan fingerprint density at radius 3 is 2.53 bits per heavy atom. The molecular formula is C28H29FN4O2S. The average molecular weight is 505 g/mol. The molecule has 6 nitrogen and oxygen atoms in total. The normalized spacial score (nSPS) is 11.9. The lowest BCUT2D eigenvalue weighted by molar-refractivity contribution is 0.300. The van der Waals surface area contributed by atoms with Gasteiger partial charge in [0.25, 0.3) is 0 Å². The molecule has 0 saturated carbocycles. The number of hydrazone groups is 1. The quantitative estimate of drug-likeness (QED) is 0.115. The minimum atomic E-state index is -0.264. The van der Waals surface area contributed by atoms with Crippen LogP contribution in [0.1, 0.15) is 24.5 Å². The Labute approximate surface area is 214 Å². The molecule has 1 aromatic heterocycles. The van der Waals surface area contributed by atoms with Crippen molar-refractivity contribution in [1.82, 2.24) is 5.12 Å². The highest BCUT2D eigenvalue weighted by molar-refractivity contribution is 7.22. The van der Waals surface area contributed by atoms with Gasteiger partial charge in [-0.05, 0) is 78.6 Å². The summed E-state index contributed by atoms with van der Waals surface area (Å²) in [7, 11) is 1.64. The Kier molecular flexibility index (Phi) is 7.87. The number of hydrazine groups is 1. The van der Waals surface area contributed by atoms with E-state index in [1.165, 1.54) is 17.3 Å². The van der Waals surface area contributed by atoms with Gasteiger partial charge >= 0.3 is 0 Å². The van der Waals surface area contributed by atoms with Crippen molar-refractivity contribution in [3.63, 3.8) is 0 Å². The van der Waals surface area contributed by atoms with Crippen molar-refractivity contribution in [3.05, 3.63) is 83.7 Å². The predicted octanol–water partition coefficient (Wildman–Crippen LogP) is 6.69. The maximum absolute atomic E-state index is 13.8. The molecule has 4 rings (SSSR count). The molecule has 0 aliphatic rings. The summed E-state index contributed by atoms with van der Waals surface area (Å²) in [4.78, 5) is 0.933. The number of nitrogens with zero attached hydrogens (tertiary/aromatic N) is 2. The molecule has 0 bridgehead atoms. The number of halogens is 1. The molecule has 0 amide bonds. The lowest BCUT2D eigenvalue weighted by atomic mass is 10.1. The van der Waals surface area contributed by atoms with Gasteiger partial charge in [0, 0.05) is 10.1 Å². The first kappa shape index (κ1) is 25.2. The molecule has 0 unspecified atom stereocenters. The predicted molar refractivity (Wildman–Crippen MR) is 147 cm³/mol. The molecule has 3 aromatic carbocycles. The highest BCUT2D eigenvalue weighted by Crippen LogP contribution is 2.48. The molecule has 186 valence electrons. The van der Waals surface area contributed by atoms with Gasteiger partial charge in [0.15, 0.2) is 5.75 Å². The van der Waals surface area contributed by atoms with Crippen LogP contribution in [0.4, 0.5) is 4.39 Å². The van der Waals surface area contributed by atoms with E-state index in [0.717, 1.165) is 49.6 Å². The van der Waals surface area contributed by atoms with Gasteiger partial charge in [0.05, 0.1) is 18.5 Å². The monoisotopic (exact) mass is 504 g/mol. The Morgan fingerprint density at radius 2 is 1.83 bits per heavy atom. The van der Waals surface area contributed by atoms with Crippen molar-refractivity contribution in [3.8, 4) is 27.7 Å². The SMILES string of the molecule is CCCN(N)/N=C(N)/C=C/c1ccc(Oc2c(-c3ccc(F)cc3C)sc3cc(OC)ccc23)cc1. The van der Waals surface area contributed by atoms with Crippen molar-refractivity contribution in [2.75, 3.05) is 13.7 Å². The van der Waals surface area contributed by atoms with Gasteiger partial charge in [0.2, 0.25) is 0 Å². The number of rotatable bonds is 9. The van der Waals surface area contributed by atoms with Gasteiger partial charge in [-0.15, -0.1) is 16.4 Å². The van der Waals surface area contributed by atoms with Gasteiger partial charge in [-0.25, -0.2) is 15.4 Å². The number of aryl methyl sites for hydroxylation is 1. The van der Waals surface area contributed by atoms with Crippen molar-refractivity contribution in [2.24, 2.45) is 16.7 Å². The molecule has 0 spiro atoms. The van der Waals surface area contributed by atoms with E-state index in [0.29, 0.717) is 18.1 Å². The zero-order chi connectivity index (χ0) is 25.7. The molecule has 8 heteroatoms. The molecule has 0 radical (unpaired) electrons. The second kappa shape index (κ2) is 11.2. The summed E-state index contributed by atoms with van der Waals surface area (Å²) in [5, 5.41) is 6.40. The van der Waals surface area contributed by atoms with E-state index >= 15 is 0 Å². The van der Waals surface area contributed by atoms with Crippen LogP contribution in [0.2, 0.25) is 0 Å². The number of thiophene rings is 1. The number of benzene rings is 3. The molecule has 4 N–H and O–H groups in total. The average Bonchev–Trinajstić information content (AvgIpc) is 3.20. The molecule has 0 atom stereocenters. The number of fused-ring (bicyclic) bond motifs is 1. The van der Waals surface area contributed by atoms with Crippen LogP contribution in [0.15, 0.2) is 71.8 Å². The molecule has 0 saturated heterocycles. The summed E-state index contributed by atoms with van der Waals surface area (Å²) in [5.41, 5.74) is 8.63. The minimum absolute atomic E-state index is 0.264. The highest BCUT2D eigenvalue weighted by Gasteiger charge is 2.18. The number of amidine groups is 1. The minimum Gasteiger partial charge on any atom is -0.497 e. The zero-order valence-corrected chi connectivity index (χ0v) is 21.3. The van der Waals surface area contributed by atoms with Crippen LogP contribution in [0, 0.1) is 12.7 Å². The number of hydrogen-bond acceptors (Lipinski definition) is 6. The standard InChI is InChI=1S/C28H29FN4O2S/c1-4-15-33(31)32-26(30)14-7-19-5-9-21(10-6-19)35-27-24-13-11-22(34-3)17-25(24)36-28(27)23-12-8-20(29)16-18(23)2/h5-14,16-17H,4,15,31H2,1-3H3,(H2,30,32)/b14-7+. The third-order valence-corrected chi connectivity index (χ3v) is 6.70. The molecule has 36 heavy (non-hydrogen) atoms. The van der Waals surface area contributed by atoms with Gasteiger partial charge < -0.3 is 15.2 Å². The lowest BCUT2D eigenvalue weighted by Crippen LogP contribution is -2.29. The number of methoxy groups -OCH3 is 1. The first-order valence-electron chi connectivity index (χ1n) is 11.6. The second-order valence-corrected chi connectivity index (χ2v) is 9.33. The van der Waals surface area contributed by atoms with Crippen LogP contribution >= 0.6 is 11.3 Å². The summed E-state index contributed by atoms with van der Waals surface area (Å²) in [5.74, 6) is 7.99. The largest absolute Gasteiger partial charge is 0.497 e. The molecule has 0 aliphatic carbocycles. The topological polar surface area (TPSA) is 86.1 Å². The Morgan fingerprint density at radius 1 is 1.08 bits per heavy atom. The van der Waals surface area contributed by atoms with Crippen molar-refractivity contribution < 1.29 is 13.9 Å². The van der Waals surface area contributed by atoms with Crippen LogP contribution in [-0.2, 0) is 0 Å². The molecule has 1 heterocycles. The first-order chi connectivity index (χ1) is 17.4. The maximum Gasteiger partial charge on any atom is 0.153 e. The smallest absolute Gasteiger partial charge is 0.153 e. The molecule has 4 aromatic rings. The van der Waals surface area contributed by atoms with E-state index in [1.54, 1.807) is 30.6 Å². The Hall–Kier alpha value is -3.88. The van der Waals surface area contributed by atoms with E-state index in [2.05, 4.69) is 5.10 Å². The van der Waals surface area contributed by atoms with E-state index in [-0.39, 0.29) is 5.82 Å². The molecule has 0 aliphatic heterocycles. The van der Waals surface area contributed by atoms with E-state index in [9.17, 15) is 4.39 Å². The molecular weight excluding hydrogens is 475 g/mol. The van der Waals surface area contributed by atoms with Gasteiger partial charge in [-0.2, -0.15) is 0 Å². The van der Waals surface area contributed by atoms with Crippen LogP contribution in [0.25, 0.3) is 26.6 Å². The van der Waals surface area contributed by atoms with Gasteiger partial charge in [0.1, 0.15) is 23.2 Å². The number of nitrogens with two attached hydrogens (primary N) is 2. The summed E-state index contributed by atoms with van der Waals surface area (Å²) >= 11 is 1.59. The van der Waals surface area contributed by atoms with E-state index in [4.69, 9.17) is 21.1 Å².